The third kappa shape index (κ3) is 4.04. The fraction of sp³-hybridized carbons (Fsp3) is 0.409. The Hall–Kier alpha value is -2.24. The van der Waals surface area contributed by atoms with E-state index in [2.05, 4.69) is 22.2 Å². The van der Waals surface area contributed by atoms with Crippen molar-refractivity contribution in [3.63, 3.8) is 0 Å². The van der Waals surface area contributed by atoms with Crippen LogP contribution >= 0.6 is 0 Å². The maximum atomic E-state index is 14.1. The molecule has 5 heteroatoms. The minimum absolute atomic E-state index is 0.137. The highest BCUT2D eigenvalue weighted by atomic mass is 19.1. The minimum atomic E-state index is -0.541. The molecule has 0 unspecified atom stereocenters. The molecule has 1 saturated carbocycles. The summed E-state index contributed by atoms with van der Waals surface area (Å²) < 4.78 is 14.1. The third-order valence-corrected chi connectivity index (χ3v) is 5.71. The Balaban J connectivity index is 1.39. The smallest absolute Gasteiger partial charge is 0.251 e. The van der Waals surface area contributed by atoms with Crippen molar-refractivity contribution in [3.8, 4) is 0 Å². The summed E-state index contributed by atoms with van der Waals surface area (Å²) in [6, 6.07) is 14.5. The first-order valence-electron chi connectivity index (χ1n) is 9.63. The van der Waals surface area contributed by atoms with Crippen molar-refractivity contribution in [2.45, 2.75) is 24.9 Å². The topological polar surface area (TPSA) is 35.6 Å². The Labute approximate surface area is 160 Å². The number of hydrogen-bond donors (Lipinski definition) is 1. The van der Waals surface area contributed by atoms with Gasteiger partial charge in [0.05, 0.1) is 5.54 Å². The van der Waals surface area contributed by atoms with Crippen LogP contribution in [0.3, 0.4) is 0 Å². The van der Waals surface area contributed by atoms with Gasteiger partial charge in [0, 0.05) is 43.9 Å². The van der Waals surface area contributed by atoms with E-state index in [1.54, 1.807) is 12.1 Å². The summed E-state index contributed by atoms with van der Waals surface area (Å²) >= 11 is 0. The predicted octanol–water partition coefficient (Wildman–Crippen LogP) is 2.99. The molecule has 0 spiro atoms. The molecule has 4 rings (SSSR count). The van der Waals surface area contributed by atoms with Crippen LogP contribution in [0.15, 0.2) is 48.5 Å². The number of hydrogen-bond acceptors (Lipinski definition) is 3. The van der Waals surface area contributed by atoms with Gasteiger partial charge in [0.2, 0.25) is 0 Å². The van der Waals surface area contributed by atoms with Crippen LogP contribution in [0, 0.1) is 5.82 Å². The summed E-state index contributed by atoms with van der Waals surface area (Å²) in [4.78, 5) is 17.5. The second-order valence-corrected chi connectivity index (χ2v) is 7.79. The van der Waals surface area contributed by atoms with Gasteiger partial charge in [0.15, 0.2) is 0 Å². The molecule has 0 bridgehead atoms. The molecule has 1 N–H and O–H groups in total. The second-order valence-electron chi connectivity index (χ2n) is 7.79. The normalized spacial score (nSPS) is 19.6. The van der Waals surface area contributed by atoms with Gasteiger partial charge >= 0.3 is 0 Å². The van der Waals surface area contributed by atoms with Crippen molar-refractivity contribution < 1.29 is 9.18 Å². The van der Waals surface area contributed by atoms with Gasteiger partial charge in [-0.05, 0) is 43.7 Å². The minimum Gasteiger partial charge on any atom is -0.342 e. The van der Waals surface area contributed by atoms with Gasteiger partial charge in [-0.3, -0.25) is 9.69 Å². The summed E-state index contributed by atoms with van der Waals surface area (Å²) in [5, 5.41) is 3.05. The first kappa shape index (κ1) is 18.1. The molecule has 1 amide bonds. The van der Waals surface area contributed by atoms with Gasteiger partial charge in [0.1, 0.15) is 5.82 Å². The van der Waals surface area contributed by atoms with E-state index >= 15 is 0 Å². The molecule has 2 fully saturated rings. The number of halogens is 1. The van der Waals surface area contributed by atoms with Crippen molar-refractivity contribution in [2.75, 3.05) is 33.2 Å². The number of likely N-dealkylation sites (N-methyl/N-ethyl adjacent to an activating group) is 1. The Bertz CT molecular complexity index is 809. The molecule has 1 saturated heterocycles. The molecule has 2 aromatic carbocycles. The van der Waals surface area contributed by atoms with Gasteiger partial charge in [0.25, 0.3) is 5.91 Å². The van der Waals surface area contributed by atoms with E-state index in [-0.39, 0.29) is 11.7 Å². The fourth-order valence-electron chi connectivity index (χ4n) is 3.75. The Morgan fingerprint density at radius 2 is 1.70 bits per heavy atom. The standard InChI is InChI=1S/C22H26FN3O/c1-25-12-14-26(15-13-25)16-17-6-8-18(9-7-17)21(27)24-22(10-11-22)19-4-2-3-5-20(19)23/h2-9H,10-16H2,1H3,(H,24,27). The number of benzene rings is 2. The lowest BCUT2D eigenvalue weighted by molar-refractivity contribution is 0.0930. The molecule has 27 heavy (non-hydrogen) atoms. The molecule has 0 atom stereocenters. The van der Waals surface area contributed by atoms with E-state index in [1.165, 1.54) is 11.6 Å². The van der Waals surface area contributed by atoms with Gasteiger partial charge in [-0.2, -0.15) is 0 Å². The fourth-order valence-corrected chi connectivity index (χ4v) is 3.75. The van der Waals surface area contributed by atoms with Crippen LogP contribution in [0.2, 0.25) is 0 Å². The van der Waals surface area contributed by atoms with Crippen LogP contribution in [0.5, 0.6) is 0 Å². The van der Waals surface area contributed by atoms with E-state index in [1.807, 2.05) is 30.3 Å². The molecule has 4 nitrogen and oxygen atoms in total. The predicted molar refractivity (Wildman–Crippen MR) is 104 cm³/mol. The SMILES string of the molecule is CN1CCN(Cc2ccc(C(=O)NC3(c4ccccc4F)CC3)cc2)CC1. The van der Waals surface area contributed by atoms with Gasteiger partial charge in [-0.15, -0.1) is 0 Å². The lowest BCUT2D eigenvalue weighted by atomic mass is 10.0. The summed E-state index contributed by atoms with van der Waals surface area (Å²) in [7, 11) is 2.15. The maximum Gasteiger partial charge on any atom is 0.251 e. The quantitative estimate of drug-likeness (QED) is 0.883. The van der Waals surface area contributed by atoms with Gasteiger partial charge < -0.3 is 10.2 Å². The van der Waals surface area contributed by atoms with Crippen LogP contribution in [0.4, 0.5) is 4.39 Å². The number of rotatable bonds is 5. The lowest BCUT2D eigenvalue weighted by Crippen LogP contribution is -2.43. The molecular formula is C22H26FN3O. The third-order valence-electron chi connectivity index (χ3n) is 5.71. The van der Waals surface area contributed by atoms with Crippen molar-refractivity contribution >= 4 is 5.91 Å². The summed E-state index contributed by atoms with van der Waals surface area (Å²) in [6.45, 7) is 5.25. The Morgan fingerprint density at radius 3 is 2.33 bits per heavy atom. The zero-order valence-corrected chi connectivity index (χ0v) is 15.7. The highest BCUT2D eigenvalue weighted by molar-refractivity contribution is 5.95. The highest BCUT2D eigenvalue weighted by Crippen LogP contribution is 2.46. The van der Waals surface area contributed by atoms with Crippen LogP contribution in [0.25, 0.3) is 0 Å². The lowest BCUT2D eigenvalue weighted by Gasteiger charge is -2.32. The molecule has 1 aliphatic heterocycles. The number of nitrogens with zero attached hydrogens (tertiary/aromatic N) is 2. The van der Waals surface area contributed by atoms with E-state index < -0.39 is 5.54 Å². The van der Waals surface area contributed by atoms with Crippen molar-refractivity contribution in [1.82, 2.24) is 15.1 Å². The molecule has 142 valence electrons. The molecule has 1 aliphatic carbocycles. The summed E-state index contributed by atoms with van der Waals surface area (Å²) in [6.07, 6.45) is 1.56. The number of carbonyl (C=O) groups excluding carboxylic acids is 1. The summed E-state index contributed by atoms with van der Waals surface area (Å²) in [5.74, 6) is -0.389. The first-order valence-corrected chi connectivity index (χ1v) is 9.63. The zero-order valence-electron chi connectivity index (χ0n) is 15.7. The summed E-state index contributed by atoms with van der Waals surface area (Å²) in [5.41, 5.74) is 1.89. The van der Waals surface area contributed by atoms with Crippen LogP contribution in [-0.4, -0.2) is 48.9 Å². The van der Waals surface area contributed by atoms with Crippen LogP contribution in [0.1, 0.15) is 34.3 Å². The Morgan fingerprint density at radius 1 is 1.04 bits per heavy atom. The monoisotopic (exact) mass is 367 g/mol. The number of amides is 1. The van der Waals surface area contributed by atoms with E-state index in [4.69, 9.17) is 0 Å². The van der Waals surface area contributed by atoms with Crippen LogP contribution in [-0.2, 0) is 12.1 Å². The van der Waals surface area contributed by atoms with Crippen LogP contribution < -0.4 is 5.32 Å². The van der Waals surface area contributed by atoms with Crippen molar-refractivity contribution in [2.24, 2.45) is 0 Å². The average Bonchev–Trinajstić information content (AvgIpc) is 3.45. The number of nitrogens with one attached hydrogen (secondary N) is 1. The van der Waals surface area contributed by atoms with E-state index in [9.17, 15) is 9.18 Å². The maximum absolute atomic E-state index is 14.1. The highest BCUT2D eigenvalue weighted by Gasteiger charge is 2.47. The molecular weight excluding hydrogens is 341 g/mol. The van der Waals surface area contributed by atoms with E-state index in [0.717, 1.165) is 45.6 Å². The van der Waals surface area contributed by atoms with Crippen molar-refractivity contribution in [3.05, 3.63) is 71.0 Å². The molecule has 0 aromatic heterocycles. The largest absolute Gasteiger partial charge is 0.342 e. The Kier molecular flexibility index (Phi) is 4.98. The second kappa shape index (κ2) is 7.41. The molecule has 2 aromatic rings. The average molecular weight is 367 g/mol. The molecule has 2 aliphatic rings. The molecule has 1 heterocycles. The number of carbonyl (C=O) groups is 1. The van der Waals surface area contributed by atoms with Crippen molar-refractivity contribution in [1.29, 1.82) is 0 Å². The van der Waals surface area contributed by atoms with Gasteiger partial charge in [-0.1, -0.05) is 30.3 Å². The number of piperazine rings is 1. The van der Waals surface area contributed by atoms with Gasteiger partial charge in [-0.25, -0.2) is 4.39 Å². The first-order chi connectivity index (χ1) is 13.1. The molecule has 0 radical (unpaired) electrons. The van der Waals surface area contributed by atoms with E-state index in [0.29, 0.717) is 11.1 Å². The zero-order chi connectivity index (χ0) is 18.9.